The van der Waals surface area contributed by atoms with Crippen molar-refractivity contribution in [3.63, 3.8) is 0 Å². The number of halogens is 1. The van der Waals surface area contributed by atoms with Gasteiger partial charge in [0.2, 0.25) is 0 Å². The Bertz CT molecular complexity index is 586. The van der Waals surface area contributed by atoms with Gasteiger partial charge >= 0.3 is 0 Å². The molecule has 1 aromatic heterocycles. The highest BCUT2D eigenvalue weighted by atomic mass is 35.5. The molecule has 0 saturated heterocycles. The van der Waals surface area contributed by atoms with Crippen molar-refractivity contribution in [1.82, 2.24) is 9.97 Å². The second-order valence-electron chi connectivity index (χ2n) is 5.01. The summed E-state index contributed by atoms with van der Waals surface area (Å²) in [7, 11) is 0. The highest BCUT2D eigenvalue weighted by Gasteiger charge is 2.02. The average molecular weight is 305 g/mol. The molecule has 0 radical (unpaired) electrons. The number of benzene rings is 1. The second-order valence-corrected chi connectivity index (χ2v) is 5.44. The molecule has 0 unspecified atom stereocenters. The molecule has 0 fully saturated rings. The molecule has 0 aliphatic heterocycles. The lowest BCUT2D eigenvalue weighted by molar-refractivity contribution is 0.742. The molecule has 0 saturated carbocycles. The van der Waals surface area contributed by atoms with Crippen LogP contribution < -0.4 is 10.6 Å². The van der Waals surface area contributed by atoms with Gasteiger partial charge < -0.3 is 10.6 Å². The van der Waals surface area contributed by atoms with Crippen molar-refractivity contribution in [2.75, 3.05) is 17.2 Å². The van der Waals surface area contributed by atoms with Crippen molar-refractivity contribution in [2.45, 2.75) is 33.1 Å². The number of anilines is 3. The summed E-state index contributed by atoms with van der Waals surface area (Å²) in [5.41, 5.74) is 2.08. The van der Waals surface area contributed by atoms with E-state index in [0.717, 1.165) is 40.9 Å². The maximum absolute atomic E-state index is 5.96. The minimum Gasteiger partial charge on any atom is -0.370 e. The Labute approximate surface area is 131 Å². The number of unbranched alkanes of at least 4 members (excludes halogenated alkanes) is 2. The fraction of sp³-hybridized carbons (Fsp3) is 0.375. The minimum atomic E-state index is 0.735. The lowest BCUT2D eigenvalue weighted by Gasteiger charge is -2.10. The molecule has 2 aromatic rings. The first-order valence-electron chi connectivity index (χ1n) is 7.28. The summed E-state index contributed by atoms with van der Waals surface area (Å²) in [4.78, 5) is 8.48. The summed E-state index contributed by atoms with van der Waals surface area (Å²) >= 11 is 5.96. The van der Waals surface area contributed by atoms with E-state index in [-0.39, 0.29) is 0 Å². The van der Waals surface area contributed by atoms with Crippen LogP contribution in [0.2, 0.25) is 5.02 Å². The third kappa shape index (κ3) is 4.90. The number of nitrogens with one attached hydrogen (secondary N) is 2. The maximum Gasteiger partial charge on any atom is 0.135 e. The van der Waals surface area contributed by atoms with Crippen molar-refractivity contribution in [1.29, 1.82) is 0 Å². The molecule has 2 N–H and O–H groups in total. The minimum absolute atomic E-state index is 0.735. The number of aromatic nitrogens is 2. The van der Waals surface area contributed by atoms with Crippen molar-refractivity contribution >= 4 is 28.9 Å². The Morgan fingerprint density at radius 3 is 2.67 bits per heavy atom. The van der Waals surface area contributed by atoms with Gasteiger partial charge in [-0.1, -0.05) is 31.4 Å². The van der Waals surface area contributed by atoms with Gasteiger partial charge in [-0.05, 0) is 37.1 Å². The molecule has 0 aliphatic rings. The number of aryl methyl sites for hydroxylation is 1. The highest BCUT2D eigenvalue weighted by molar-refractivity contribution is 6.30. The van der Waals surface area contributed by atoms with E-state index in [1.807, 2.05) is 31.2 Å². The molecular weight excluding hydrogens is 284 g/mol. The molecule has 0 atom stereocenters. The van der Waals surface area contributed by atoms with Crippen LogP contribution in [0.3, 0.4) is 0 Å². The molecule has 0 bridgehead atoms. The van der Waals surface area contributed by atoms with Crippen LogP contribution in [-0.4, -0.2) is 16.5 Å². The van der Waals surface area contributed by atoms with E-state index < -0.39 is 0 Å². The Hall–Kier alpha value is -1.81. The molecule has 2 rings (SSSR count). The zero-order chi connectivity index (χ0) is 15.1. The predicted molar refractivity (Wildman–Crippen MR) is 89.5 cm³/mol. The zero-order valence-electron chi connectivity index (χ0n) is 12.5. The normalized spacial score (nSPS) is 10.4. The molecule has 21 heavy (non-hydrogen) atoms. The van der Waals surface area contributed by atoms with E-state index >= 15 is 0 Å². The van der Waals surface area contributed by atoms with Crippen LogP contribution in [0, 0.1) is 6.92 Å². The van der Waals surface area contributed by atoms with E-state index in [0.29, 0.717) is 0 Å². The van der Waals surface area contributed by atoms with Crippen LogP contribution in [0.1, 0.15) is 31.7 Å². The third-order valence-corrected chi connectivity index (χ3v) is 3.44. The Morgan fingerprint density at radius 2 is 1.90 bits per heavy atom. The van der Waals surface area contributed by atoms with Crippen LogP contribution in [0.25, 0.3) is 0 Å². The van der Waals surface area contributed by atoms with Crippen LogP contribution >= 0.6 is 11.6 Å². The van der Waals surface area contributed by atoms with Crippen molar-refractivity contribution < 1.29 is 0 Å². The highest BCUT2D eigenvalue weighted by Crippen LogP contribution is 2.23. The average Bonchev–Trinajstić information content (AvgIpc) is 2.47. The first-order chi connectivity index (χ1) is 10.2. The SMILES string of the molecule is CCCCCNc1cc(Nc2ccc(Cl)cc2C)ncn1. The van der Waals surface area contributed by atoms with Gasteiger partial charge in [-0.2, -0.15) is 0 Å². The fourth-order valence-corrected chi connectivity index (χ4v) is 2.25. The number of nitrogens with zero attached hydrogens (tertiary/aromatic N) is 2. The van der Waals surface area contributed by atoms with Crippen LogP contribution in [-0.2, 0) is 0 Å². The first kappa shape index (κ1) is 15.6. The van der Waals surface area contributed by atoms with E-state index in [4.69, 9.17) is 11.6 Å². The molecule has 5 heteroatoms. The van der Waals surface area contributed by atoms with Gasteiger partial charge in [0.15, 0.2) is 0 Å². The lowest BCUT2D eigenvalue weighted by atomic mass is 10.2. The molecule has 112 valence electrons. The van der Waals surface area contributed by atoms with Crippen molar-refractivity contribution in [3.8, 4) is 0 Å². The summed E-state index contributed by atoms with van der Waals surface area (Å²) in [5, 5.41) is 7.34. The van der Waals surface area contributed by atoms with Gasteiger partial charge in [0, 0.05) is 23.3 Å². The van der Waals surface area contributed by atoms with Gasteiger partial charge in [0.1, 0.15) is 18.0 Å². The predicted octanol–water partition coefficient (Wildman–Crippen LogP) is 4.78. The van der Waals surface area contributed by atoms with Crippen LogP contribution in [0.15, 0.2) is 30.6 Å². The zero-order valence-corrected chi connectivity index (χ0v) is 13.2. The van der Waals surface area contributed by atoms with Gasteiger partial charge in [-0.25, -0.2) is 9.97 Å². The maximum atomic E-state index is 5.96. The van der Waals surface area contributed by atoms with Crippen LogP contribution in [0.4, 0.5) is 17.3 Å². The summed E-state index contributed by atoms with van der Waals surface area (Å²) in [5.74, 6) is 1.61. The second kappa shape index (κ2) is 7.84. The summed E-state index contributed by atoms with van der Waals surface area (Å²) in [6.45, 7) is 5.14. The first-order valence-corrected chi connectivity index (χ1v) is 7.66. The quantitative estimate of drug-likeness (QED) is 0.722. The summed E-state index contributed by atoms with van der Waals surface area (Å²) in [6, 6.07) is 7.66. The topological polar surface area (TPSA) is 49.8 Å². The number of hydrogen-bond acceptors (Lipinski definition) is 4. The fourth-order valence-electron chi connectivity index (χ4n) is 2.02. The molecule has 0 spiro atoms. The molecular formula is C16H21ClN4. The molecule has 1 heterocycles. The van der Waals surface area contributed by atoms with E-state index in [9.17, 15) is 0 Å². The van der Waals surface area contributed by atoms with Gasteiger partial charge in [0.05, 0.1) is 0 Å². The molecule has 0 aliphatic carbocycles. The smallest absolute Gasteiger partial charge is 0.135 e. The van der Waals surface area contributed by atoms with Gasteiger partial charge in [0.25, 0.3) is 0 Å². The lowest BCUT2D eigenvalue weighted by Crippen LogP contribution is -2.04. The standard InChI is InChI=1S/C16H21ClN4/c1-3-4-5-8-18-15-10-16(20-11-19-15)21-14-7-6-13(17)9-12(14)2/h6-7,9-11H,3-5,8H2,1-2H3,(H2,18,19,20,21). The van der Waals surface area contributed by atoms with Gasteiger partial charge in [-0.15, -0.1) is 0 Å². The van der Waals surface area contributed by atoms with Gasteiger partial charge in [-0.3, -0.25) is 0 Å². The summed E-state index contributed by atoms with van der Waals surface area (Å²) < 4.78 is 0. The monoisotopic (exact) mass is 304 g/mol. The summed E-state index contributed by atoms with van der Waals surface area (Å²) in [6.07, 6.45) is 5.16. The van der Waals surface area contributed by atoms with E-state index in [1.165, 1.54) is 12.8 Å². The Balaban J connectivity index is 2.00. The Morgan fingerprint density at radius 1 is 1.10 bits per heavy atom. The molecule has 1 aromatic carbocycles. The Kier molecular flexibility index (Phi) is 5.81. The van der Waals surface area contributed by atoms with Crippen molar-refractivity contribution in [2.24, 2.45) is 0 Å². The molecule has 4 nitrogen and oxygen atoms in total. The largest absolute Gasteiger partial charge is 0.370 e. The number of hydrogen-bond donors (Lipinski definition) is 2. The van der Waals surface area contributed by atoms with Crippen LogP contribution in [0.5, 0.6) is 0 Å². The van der Waals surface area contributed by atoms with Crippen molar-refractivity contribution in [3.05, 3.63) is 41.2 Å². The third-order valence-electron chi connectivity index (χ3n) is 3.20. The van der Waals surface area contributed by atoms with E-state index in [2.05, 4.69) is 27.5 Å². The van der Waals surface area contributed by atoms with E-state index in [1.54, 1.807) is 6.33 Å². The number of rotatable bonds is 7. The molecule has 0 amide bonds.